The van der Waals surface area contributed by atoms with E-state index in [1.807, 2.05) is 12.1 Å². The molecular formula is C12H18N4O. The predicted octanol–water partition coefficient (Wildman–Crippen LogP) is 1.03. The minimum absolute atomic E-state index is 0.518. The van der Waals surface area contributed by atoms with Gasteiger partial charge in [0, 0.05) is 39.4 Å². The average Bonchev–Trinajstić information content (AvgIpc) is 2.32. The number of nitriles is 1. The molecule has 0 radical (unpaired) electrons. The molecule has 1 heterocycles. The van der Waals surface area contributed by atoms with Crippen molar-refractivity contribution in [3.63, 3.8) is 0 Å². The number of methoxy groups -OCH3 is 1. The van der Waals surface area contributed by atoms with Crippen LogP contribution in [-0.4, -0.2) is 36.7 Å². The van der Waals surface area contributed by atoms with Gasteiger partial charge in [-0.05, 0) is 17.7 Å². The van der Waals surface area contributed by atoms with Gasteiger partial charge < -0.3 is 10.5 Å². The zero-order valence-electron chi connectivity index (χ0n) is 10.1. The van der Waals surface area contributed by atoms with E-state index in [0.29, 0.717) is 18.8 Å². The maximum atomic E-state index is 8.61. The van der Waals surface area contributed by atoms with Gasteiger partial charge in [-0.2, -0.15) is 5.26 Å². The Morgan fingerprint density at radius 2 is 2.35 bits per heavy atom. The average molecular weight is 234 g/mol. The fraction of sp³-hybridized carbons (Fsp3) is 0.500. The van der Waals surface area contributed by atoms with Crippen LogP contribution < -0.4 is 5.73 Å². The Balaban J connectivity index is 2.55. The van der Waals surface area contributed by atoms with Crippen molar-refractivity contribution in [3.8, 4) is 6.07 Å². The standard InChI is InChI=1S/C12H18N4O/c1-17-8-7-16(6-2-4-13)10-11-3-5-15-12(14)9-11/h3,5,9H,2,6-8,10H2,1H3,(H2,14,15). The molecule has 5 heteroatoms. The molecule has 0 amide bonds. The SMILES string of the molecule is COCCN(CCC#N)Cc1ccnc(N)c1. The zero-order valence-corrected chi connectivity index (χ0v) is 10.1. The molecule has 0 fully saturated rings. The van der Waals surface area contributed by atoms with Gasteiger partial charge in [-0.25, -0.2) is 4.98 Å². The summed E-state index contributed by atoms with van der Waals surface area (Å²) < 4.78 is 5.05. The molecule has 1 aromatic heterocycles. The highest BCUT2D eigenvalue weighted by molar-refractivity contribution is 5.31. The maximum Gasteiger partial charge on any atom is 0.123 e. The maximum absolute atomic E-state index is 8.61. The Labute approximate surface area is 102 Å². The summed E-state index contributed by atoms with van der Waals surface area (Å²) in [6.45, 7) is 2.96. The third kappa shape index (κ3) is 5.29. The summed E-state index contributed by atoms with van der Waals surface area (Å²) in [7, 11) is 1.67. The first kappa shape index (κ1) is 13.4. The molecule has 1 rings (SSSR count). The van der Waals surface area contributed by atoms with Crippen LogP contribution in [0.25, 0.3) is 0 Å². The Kier molecular flexibility index (Phi) is 6.00. The normalized spacial score (nSPS) is 10.4. The number of hydrogen-bond donors (Lipinski definition) is 1. The minimum atomic E-state index is 0.518. The number of nitrogens with zero attached hydrogens (tertiary/aromatic N) is 3. The number of ether oxygens (including phenoxy) is 1. The van der Waals surface area contributed by atoms with Gasteiger partial charge >= 0.3 is 0 Å². The molecule has 1 aromatic rings. The Hall–Kier alpha value is -1.64. The highest BCUT2D eigenvalue weighted by Gasteiger charge is 2.05. The van der Waals surface area contributed by atoms with Crippen LogP contribution in [0.15, 0.2) is 18.3 Å². The molecule has 0 aliphatic carbocycles. The number of aromatic nitrogens is 1. The number of rotatable bonds is 7. The highest BCUT2D eigenvalue weighted by Crippen LogP contribution is 2.07. The second kappa shape index (κ2) is 7.60. The van der Waals surface area contributed by atoms with Crippen molar-refractivity contribution >= 4 is 5.82 Å². The minimum Gasteiger partial charge on any atom is -0.384 e. The quantitative estimate of drug-likeness (QED) is 0.762. The third-order valence-corrected chi connectivity index (χ3v) is 2.40. The summed E-state index contributed by atoms with van der Waals surface area (Å²) in [4.78, 5) is 6.12. The van der Waals surface area contributed by atoms with Crippen molar-refractivity contribution in [2.24, 2.45) is 0 Å². The van der Waals surface area contributed by atoms with E-state index in [2.05, 4.69) is 16.0 Å². The molecule has 0 saturated heterocycles. The fourth-order valence-corrected chi connectivity index (χ4v) is 1.55. The summed E-state index contributed by atoms with van der Waals surface area (Å²) >= 11 is 0. The van der Waals surface area contributed by atoms with E-state index in [-0.39, 0.29) is 0 Å². The predicted molar refractivity (Wildman–Crippen MR) is 66.0 cm³/mol. The molecule has 0 aromatic carbocycles. The van der Waals surface area contributed by atoms with Crippen LogP contribution in [0.2, 0.25) is 0 Å². The van der Waals surface area contributed by atoms with Crippen molar-refractivity contribution in [2.75, 3.05) is 32.5 Å². The second-order valence-electron chi connectivity index (χ2n) is 3.77. The van der Waals surface area contributed by atoms with E-state index in [9.17, 15) is 0 Å². The molecule has 0 saturated carbocycles. The van der Waals surface area contributed by atoms with E-state index in [4.69, 9.17) is 15.7 Å². The first-order valence-corrected chi connectivity index (χ1v) is 5.55. The molecule has 0 unspecified atom stereocenters. The van der Waals surface area contributed by atoms with Crippen molar-refractivity contribution in [3.05, 3.63) is 23.9 Å². The lowest BCUT2D eigenvalue weighted by Crippen LogP contribution is -2.28. The number of hydrogen-bond acceptors (Lipinski definition) is 5. The summed E-state index contributed by atoms with van der Waals surface area (Å²) in [5, 5.41) is 8.61. The van der Waals surface area contributed by atoms with E-state index in [1.165, 1.54) is 0 Å². The van der Waals surface area contributed by atoms with Crippen molar-refractivity contribution < 1.29 is 4.74 Å². The van der Waals surface area contributed by atoms with Gasteiger partial charge in [0.15, 0.2) is 0 Å². The molecule has 0 spiro atoms. The van der Waals surface area contributed by atoms with Gasteiger partial charge in [-0.3, -0.25) is 4.90 Å². The molecule has 0 aliphatic rings. The molecule has 5 nitrogen and oxygen atoms in total. The monoisotopic (exact) mass is 234 g/mol. The van der Waals surface area contributed by atoms with Gasteiger partial charge in [-0.15, -0.1) is 0 Å². The number of nitrogens with two attached hydrogens (primary N) is 1. The lowest BCUT2D eigenvalue weighted by Gasteiger charge is -2.20. The van der Waals surface area contributed by atoms with E-state index < -0.39 is 0 Å². The molecule has 0 atom stereocenters. The van der Waals surface area contributed by atoms with Gasteiger partial charge in [0.05, 0.1) is 12.7 Å². The fourth-order valence-electron chi connectivity index (χ4n) is 1.55. The number of pyridine rings is 1. The van der Waals surface area contributed by atoms with E-state index >= 15 is 0 Å². The van der Waals surface area contributed by atoms with Crippen LogP contribution in [0.4, 0.5) is 5.82 Å². The molecule has 92 valence electrons. The summed E-state index contributed by atoms with van der Waals surface area (Å²) in [5.74, 6) is 0.523. The summed E-state index contributed by atoms with van der Waals surface area (Å²) in [5.41, 5.74) is 6.73. The van der Waals surface area contributed by atoms with Gasteiger partial charge in [0.2, 0.25) is 0 Å². The smallest absolute Gasteiger partial charge is 0.123 e. The zero-order chi connectivity index (χ0) is 12.5. The largest absolute Gasteiger partial charge is 0.384 e. The molecule has 17 heavy (non-hydrogen) atoms. The topological polar surface area (TPSA) is 75.2 Å². The van der Waals surface area contributed by atoms with Crippen LogP contribution in [0, 0.1) is 11.3 Å². The van der Waals surface area contributed by atoms with Gasteiger partial charge in [-0.1, -0.05) is 0 Å². The lowest BCUT2D eigenvalue weighted by molar-refractivity contribution is 0.145. The Morgan fingerprint density at radius 3 is 3.00 bits per heavy atom. The highest BCUT2D eigenvalue weighted by atomic mass is 16.5. The van der Waals surface area contributed by atoms with Crippen LogP contribution in [0.3, 0.4) is 0 Å². The van der Waals surface area contributed by atoms with Crippen molar-refractivity contribution in [2.45, 2.75) is 13.0 Å². The Bertz CT molecular complexity index is 375. The van der Waals surface area contributed by atoms with Crippen LogP contribution in [0.5, 0.6) is 0 Å². The third-order valence-electron chi connectivity index (χ3n) is 2.40. The first-order chi connectivity index (χ1) is 8.26. The Morgan fingerprint density at radius 1 is 1.53 bits per heavy atom. The van der Waals surface area contributed by atoms with E-state index in [1.54, 1.807) is 13.3 Å². The van der Waals surface area contributed by atoms with Crippen LogP contribution in [-0.2, 0) is 11.3 Å². The summed E-state index contributed by atoms with van der Waals surface area (Å²) in [6, 6.07) is 5.94. The number of anilines is 1. The molecule has 0 aliphatic heterocycles. The second-order valence-corrected chi connectivity index (χ2v) is 3.77. The van der Waals surface area contributed by atoms with Gasteiger partial charge in [0.25, 0.3) is 0 Å². The first-order valence-electron chi connectivity index (χ1n) is 5.55. The van der Waals surface area contributed by atoms with Crippen LogP contribution >= 0.6 is 0 Å². The van der Waals surface area contributed by atoms with Crippen molar-refractivity contribution in [1.82, 2.24) is 9.88 Å². The molecule has 2 N–H and O–H groups in total. The molecule has 0 bridgehead atoms. The number of nitrogen functional groups attached to an aromatic ring is 1. The molecular weight excluding hydrogens is 216 g/mol. The van der Waals surface area contributed by atoms with Crippen LogP contribution in [0.1, 0.15) is 12.0 Å². The van der Waals surface area contributed by atoms with Crippen molar-refractivity contribution in [1.29, 1.82) is 5.26 Å². The summed E-state index contributed by atoms with van der Waals surface area (Å²) in [6.07, 6.45) is 2.22. The lowest BCUT2D eigenvalue weighted by atomic mass is 10.2. The van der Waals surface area contributed by atoms with E-state index in [0.717, 1.165) is 25.2 Å². The van der Waals surface area contributed by atoms with Gasteiger partial charge in [0.1, 0.15) is 5.82 Å².